The largest absolute Gasteiger partial charge is 0.481 e. The van der Waals surface area contributed by atoms with Crippen molar-refractivity contribution in [2.45, 2.75) is 40.0 Å². The minimum atomic E-state index is -0.737. The number of carbonyl (C=O) groups is 2. The molecule has 0 aromatic carbocycles. The normalized spacial score (nSPS) is 33.3. The second-order valence-corrected chi connectivity index (χ2v) is 5.85. The van der Waals surface area contributed by atoms with Gasteiger partial charge in [-0.2, -0.15) is 0 Å². The number of carbonyl (C=O) groups excluding carboxylic acids is 1. The van der Waals surface area contributed by atoms with Gasteiger partial charge in [0, 0.05) is 5.41 Å². The summed E-state index contributed by atoms with van der Waals surface area (Å²) in [6.07, 6.45) is 6.26. The Balaban J connectivity index is 2.29. The van der Waals surface area contributed by atoms with Gasteiger partial charge in [0.15, 0.2) is 5.78 Å². The highest BCUT2D eigenvalue weighted by atomic mass is 16.4. The van der Waals surface area contributed by atoms with Gasteiger partial charge >= 0.3 is 5.97 Å². The van der Waals surface area contributed by atoms with Crippen molar-refractivity contribution in [2.24, 2.45) is 17.3 Å². The standard InChI is InChI=1S/C15H20O3/c1-9(14(17)18)11-4-6-15(3)7-5-13(16)10(2)12(15)8-11/h5,7,9,11H,4,6,8H2,1-3H3,(H,17,18). The lowest BCUT2D eigenvalue weighted by Gasteiger charge is -2.41. The van der Waals surface area contributed by atoms with Crippen molar-refractivity contribution < 1.29 is 14.7 Å². The number of carboxylic acids is 1. The molecule has 0 radical (unpaired) electrons. The van der Waals surface area contributed by atoms with Crippen molar-refractivity contribution in [3.63, 3.8) is 0 Å². The van der Waals surface area contributed by atoms with Gasteiger partial charge in [-0.1, -0.05) is 25.5 Å². The van der Waals surface area contributed by atoms with Crippen LogP contribution in [-0.2, 0) is 9.59 Å². The maximum atomic E-state index is 11.7. The molecule has 98 valence electrons. The molecule has 3 heteroatoms. The molecule has 2 aliphatic rings. The van der Waals surface area contributed by atoms with E-state index in [0.717, 1.165) is 30.4 Å². The molecule has 3 atom stereocenters. The summed E-state index contributed by atoms with van der Waals surface area (Å²) in [5.74, 6) is -0.846. The zero-order valence-electron chi connectivity index (χ0n) is 11.2. The molecule has 0 aromatic rings. The van der Waals surface area contributed by atoms with Gasteiger partial charge in [0.2, 0.25) is 0 Å². The number of rotatable bonds is 2. The van der Waals surface area contributed by atoms with Gasteiger partial charge in [-0.05, 0) is 43.8 Å². The van der Waals surface area contributed by atoms with Gasteiger partial charge in [-0.3, -0.25) is 9.59 Å². The lowest BCUT2D eigenvalue weighted by molar-refractivity contribution is -0.143. The highest BCUT2D eigenvalue weighted by Crippen LogP contribution is 2.49. The lowest BCUT2D eigenvalue weighted by Crippen LogP contribution is -2.34. The van der Waals surface area contributed by atoms with Crippen LogP contribution in [0.3, 0.4) is 0 Å². The molecule has 2 aliphatic carbocycles. The number of fused-ring (bicyclic) bond motifs is 1. The third kappa shape index (κ3) is 2.02. The van der Waals surface area contributed by atoms with E-state index in [1.165, 1.54) is 0 Å². The Morgan fingerprint density at radius 3 is 2.83 bits per heavy atom. The van der Waals surface area contributed by atoms with E-state index in [1.807, 2.05) is 13.0 Å². The highest BCUT2D eigenvalue weighted by Gasteiger charge is 2.40. The number of aliphatic carboxylic acids is 1. The molecule has 0 bridgehead atoms. The maximum Gasteiger partial charge on any atom is 0.306 e. The summed E-state index contributed by atoms with van der Waals surface area (Å²) >= 11 is 0. The Kier molecular flexibility index (Phi) is 3.18. The van der Waals surface area contributed by atoms with Crippen LogP contribution in [0.4, 0.5) is 0 Å². The van der Waals surface area contributed by atoms with Crippen LogP contribution in [0, 0.1) is 17.3 Å². The summed E-state index contributed by atoms with van der Waals surface area (Å²) in [5, 5.41) is 9.12. The topological polar surface area (TPSA) is 54.4 Å². The monoisotopic (exact) mass is 248 g/mol. The zero-order valence-corrected chi connectivity index (χ0v) is 11.2. The van der Waals surface area contributed by atoms with Crippen LogP contribution in [-0.4, -0.2) is 16.9 Å². The SMILES string of the molecule is CC1=C2CC(C(C)C(=O)O)CCC2(C)C=CC1=O. The lowest BCUT2D eigenvalue weighted by atomic mass is 9.62. The summed E-state index contributed by atoms with van der Waals surface area (Å²) in [7, 11) is 0. The number of carboxylic acid groups (broad SMARTS) is 1. The number of allylic oxidation sites excluding steroid dienone is 4. The quantitative estimate of drug-likeness (QED) is 0.817. The average Bonchev–Trinajstić information content (AvgIpc) is 2.33. The molecule has 1 N–H and O–H groups in total. The van der Waals surface area contributed by atoms with Gasteiger partial charge in [-0.25, -0.2) is 0 Å². The molecular weight excluding hydrogens is 228 g/mol. The van der Waals surface area contributed by atoms with Crippen LogP contribution in [0.25, 0.3) is 0 Å². The molecule has 18 heavy (non-hydrogen) atoms. The summed E-state index contributed by atoms with van der Waals surface area (Å²) in [6, 6.07) is 0. The number of hydrogen-bond donors (Lipinski definition) is 1. The molecule has 1 saturated carbocycles. The fraction of sp³-hybridized carbons (Fsp3) is 0.600. The van der Waals surface area contributed by atoms with E-state index in [9.17, 15) is 9.59 Å². The number of hydrogen-bond acceptors (Lipinski definition) is 2. The first kappa shape index (κ1) is 13.1. The summed E-state index contributed by atoms with van der Waals surface area (Å²) in [5.41, 5.74) is 1.94. The molecule has 2 rings (SSSR count). The third-order valence-corrected chi connectivity index (χ3v) is 4.71. The molecule has 0 spiro atoms. The average molecular weight is 248 g/mol. The minimum absolute atomic E-state index is 0.0350. The zero-order chi connectivity index (χ0) is 13.5. The van der Waals surface area contributed by atoms with E-state index >= 15 is 0 Å². The van der Waals surface area contributed by atoms with Crippen molar-refractivity contribution in [1.29, 1.82) is 0 Å². The van der Waals surface area contributed by atoms with Crippen molar-refractivity contribution >= 4 is 11.8 Å². The molecule has 0 amide bonds. The van der Waals surface area contributed by atoms with Crippen LogP contribution in [0.15, 0.2) is 23.3 Å². The predicted octanol–water partition coefficient (Wildman–Crippen LogP) is 2.97. The first-order valence-electron chi connectivity index (χ1n) is 6.52. The van der Waals surface area contributed by atoms with Gasteiger partial charge in [-0.15, -0.1) is 0 Å². The van der Waals surface area contributed by atoms with Gasteiger partial charge in [0.25, 0.3) is 0 Å². The van der Waals surface area contributed by atoms with Crippen LogP contribution in [0.2, 0.25) is 0 Å². The fourth-order valence-corrected chi connectivity index (χ4v) is 3.16. The van der Waals surface area contributed by atoms with Gasteiger partial charge in [0.1, 0.15) is 0 Å². The minimum Gasteiger partial charge on any atom is -0.481 e. The van der Waals surface area contributed by atoms with Crippen molar-refractivity contribution in [1.82, 2.24) is 0 Å². The fourth-order valence-electron chi connectivity index (χ4n) is 3.16. The van der Waals surface area contributed by atoms with Crippen molar-refractivity contribution in [3.8, 4) is 0 Å². The second-order valence-electron chi connectivity index (χ2n) is 5.85. The molecule has 3 nitrogen and oxygen atoms in total. The van der Waals surface area contributed by atoms with E-state index in [4.69, 9.17) is 5.11 Å². The maximum absolute atomic E-state index is 11.7. The van der Waals surface area contributed by atoms with E-state index in [-0.39, 0.29) is 23.0 Å². The number of ketones is 1. The van der Waals surface area contributed by atoms with Crippen LogP contribution in [0.1, 0.15) is 40.0 Å². The molecule has 0 aromatic heterocycles. The van der Waals surface area contributed by atoms with Crippen LogP contribution < -0.4 is 0 Å². The Labute approximate surface area is 108 Å². The molecule has 1 fully saturated rings. The third-order valence-electron chi connectivity index (χ3n) is 4.71. The second kappa shape index (κ2) is 4.38. The first-order chi connectivity index (χ1) is 8.35. The molecule has 0 heterocycles. The van der Waals surface area contributed by atoms with Gasteiger partial charge < -0.3 is 5.11 Å². The van der Waals surface area contributed by atoms with E-state index in [2.05, 4.69) is 6.92 Å². The highest BCUT2D eigenvalue weighted by molar-refractivity contribution is 6.05. The molecular formula is C15H20O3. The van der Waals surface area contributed by atoms with E-state index < -0.39 is 5.97 Å². The summed E-state index contributed by atoms with van der Waals surface area (Å²) in [6.45, 7) is 5.79. The van der Waals surface area contributed by atoms with Gasteiger partial charge in [0.05, 0.1) is 5.92 Å². The summed E-state index contributed by atoms with van der Waals surface area (Å²) < 4.78 is 0. The molecule has 0 saturated heterocycles. The van der Waals surface area contributed by atoms with Crippen LogP contribution >= 0.6 is 0 Å². The smallest absolute Gasteiger partial charge is 0.306 e. The van der Waals surface area contributed by atoms with Crippen molar-refractivity contribution in [2.75, 3.05) is 0 Å². The first-order valence-corrected chi connectivity index (χ1v) is 6.52. The van der Waals surface area contributed by atoms with Crippen molar-refractivity contribution in [3.05, 3.63) is 23.3 Å². The predicted molar refractivity (Wildman–Crippen MR) is 69.1 cm³/mol. The Morgan fingerprint density at radius 2 is 2.22 bits per heavy atom. The van der Waals surface area contributed by atoms with Crippen LogP contribution in [0.5, 0.6) is 0 Å². The molecule has 0 aliphatic heterocycles. The summed E-state index contributed by atoms with van der Waals surface area (Å²) in [4.78, 5) is 22.8. The Bertz CT molecular complexity index is 458. The van der Waals surface area contributed by atoms with E-state index in [0.29, 0.717) is 0 Å². The van der Waals surface area contributed by atoms with E-state index in [1.54, 1.807) is 13.0 Å². The Morgan fingerprint density at radius 1 is 1.56 bits per heavy atom. The molecule has 3 unspecified atom stereocenters. The Hall–Kier alpha value is -1.38.